The topological polar surface area (TPSA) is 67.0 Å². The van der Waals surface area contributed by atoms with E-state index in [0.29, 0.717) is 12.5 Å². The number of nitrogens with one attached hydrogen (secondary N) is 1. The Morgan fingerprint density at radius 2 is 2.30 bits per heavy atom. The number of amides is 1. The molecule has 1 N–H and O–H groups in total. The van der Waals surface area contributed by atoms with Gasteiger partial charge in [-0.25, -0.2) is 9.98 Å². The Balaban J connectivity index is 1.98. The van der Waals surface area contributed by atoms with Gasteiger partial charge in [-0.15, -0.1) is 0 Å². The van der Waals surface area contributed by atoms with Gasteiger partial charge >= 0.3 is 0 Å². The summed E-state index contributed by atoms with van der Waals surface area (Å²) in [7, 11) is 0. The van der Waals surface area contributed by atoms with Crippen LogP contribution in [-0.2, 0) is 11.3 Å². The summed E-state index contributed by atoms with van der Waals surface area (Å²) in [5.74, 6) is 1.04. The number of hydrogen-bond acceptors (Lipinski definition) is 3. The summed E-state index contributed by atoms with van der Waals surface area (Å²) in [6.07, 6.45) is 5.82. The van der Waals surface area contributed by atoms with Crippen LogP contribution in [0, 0.1) is 5.92 Å². The minimum atomic E-state index is -0.107. The minimum absolute atomic E-state index is 0.00629. The van der Waals surface area contributed by atoms with Crippen LogP contribution in [0.4, 0.5) is 0 Å². The van der Waals surface area contributed by atoms with E-state index in [0.717, 1.165) is 37.2 Å². The van der Waals surface area contributed by atoms with Crippen LogP contribution in [0.3, 0.4) is 0 Å². The summed E-state index contributed by atoms with van der Waals surface area (Å²) >= 11 is 0. The maximum absolute atomic E-state index is 12.1. The van der Waals surface area contributed by atoms with Gasteiger partial charge in [0, 0.05) is 5.71 Å². The van der Waals surface area contributed by atoms with Gasteiger partial charge in [-0.05, 0) is 25.5 Å². The molecule has 5 heteroatoms. The number of hydrogen-bond donors (Lipinski definition) is 1. The molecule has 1 aliphatic rings. The summed E-state index contributed by atoms with van der Waals surface area (Å²) in [6.45, 7) is 4.44. The Hall–Kier alpha value is -1.91. The van der Waals surface area contributed by atoms with Gasteiger partial charge < -0.3 is 4.42 Å². The van der Waals surface area contributed by atoms with Gasteiger partial charge in [-0.1, -0.05) is 26.2 Å². The molecule has 1 aromatic rings. The second kappa shape index (κ2) is 7.03. The van der Waals surface area contributed by atoms with Gasteiger partial charge in [0.25, 0.3) is 0 Å². The van der Waals surface area contributed by atoms with Gasteiger partial charge in [0.1, 0.15) is 12.3 Å². The Morgan fingerprint density at radius 3 is 2.95 bits per heavy atom. The monoisotopic (exact) mass is 275 g/mol. The molecule has 1 aromatic heterocycles. The first-order chi connectivity index (χ1) is 9.70. The lowest BCUT2D eigenvalue weighted by Crippen LogP contribution is -2.43. The summed E-state index contributed by atoms with van der Waals surface area (Å²) in [6, 6.07) is 3.66. The Labute approximate surface area is 119 Å². The first kappa shape index (κ1) is 14.5. The molecule has 5 nitrogen and oxygen atoms in total. The molecule has 20 heavy (non-hydrogen) atoms. The maximum atomic E-state index is 12.1. The van der Waals surface area contributed by atoms with Crippen LogP contribution in [0.1, 0.15) is 45.3 Å². The van der Waals surface area contributed by atoms with Gasteiger partial charge in [0.15, 0.2) is 0 Å². The van der Waals surface area contributed by atoms with E-state index in [1.165, 1.54) is 0 Å². The van der Waals surface area contributed by atoms with Crippen molar-refractivity contribution in [2.24, 2.45) is 15.9 Å². The van der Waals surface area contributed by atoms with E-state index >= 15 is 0 Å². The van der Waals surface area contributed by atoms with Gasteiger partial charge in [0.2, 0.25) is 11.9 Å². The van der Waals surface area contributed by atoms with Crippen molar-refractivity contribution in [1.82, 2.24) is 5.32 Å². The molecule has 2 heterocycles. The molecule has 0 aliphatic carbocycles. The first-order valence-electron chi connectivity index (χ1n) is 7.13. The normalized spacial score (nSPS) is 20.9. The molecule has 1 amide bonds. The van der Waals surface area contributed by atoms with E-state index in [9.17, 15) is 4.79 Å². The van der Waals surface area contributed by atoms with Crippen LogP contribution in [-0.4, -0.2) is 17.6 Å². The summed E-state index contributed by atoms with van der Waals surface area (Å²) in [5, 5.41) is 2.77. The number of carbonyl (C=O) groups is 1. The van der Waals surface area contributed by atoms with Crippen molar-refractivity contribution < 1.29 is 9.21 Å². The molecular formula is C15H21N3O2. The predicted molar refractivity (Wildman–Crippen MR) is 78.7 cm³/mol. The molecule has 1 unspecified atom stereocenters. The zero-order valence-corrected chi connectivity index (χ0v) is 12.1. The summed E-state index contributed by atoms with van der Waals surface area (Å²) in [4.78, 5) is 20.7. The van der Waals surface area contributed by atoms with Gasteiger partial charge in [-0.3, -0.25) is 10.1 Å². The molecule has 0 spiro atoms. The van der Waals surface area contributed by atoms with Crippen LogP contribution in [0.25, 0.3) is 0 Å². The highest BCUT2D eigenvalue weighted by atomic mass is 16.3. The van der Waals surface area contributed by atoms with Crippen LogP contribution in [0.5, 0.6) is 0 Å². The second-order valence-electron chi connectivity index (χ2n) is 5.01. The third kappa shape index (κ3) is 3.79. The molecule has 0 aromatic carbocycles. The largest absolute Gasteiger partial charge is 0.467 e. The maximum Gasteiger partial charge on any atom is 0.235 e. The molecular weight excluding hydrogens is 254 g/mol. The lowest BCUT2D eigenvalue weighted by molar-refractivity contribution is -0.122. The van der Waals surface area contributed by atoms with E-state index in [1.807, 2.05) is 19.1 Å². The molecule has 0 fully saturated rings. The summed E-state index contributed by atoms with van der Waals surface area (Å²) in [5.41, 5.74) is 0.850. The van der Waals surface area contributed by atoms with Crippen molar-refractivity contribution in [3.05, 3.63) is 24.2 Å². The van der Waals surface area contributed by atoms with Crippen LogP contribution in [0.2, 0.25) is 0 Å². The highest BCUT2D eigenvalue weighted by molar-refractivity contribution is 6.16. The number of aliphatic imine (C=N–C) groups is 2. The Morgan fingerprint density at radius 1 is 1.45 bits per heavy atom. The lowest BCUT2D eigenvalue weighted by atomic mass is 9.95. The number of carbonyl (C=O) groups excluding carboxylic acids is 1. The molecule has 108 valence electrons. The van der Waals surface area contributed by atoms with E-state index in [-0.39, 0.29) is 11.8 Å². The minimum Gasteiger partial charge on any atom is -0.467 e. The highest BCUT2D eigenvalue weighted by Crippen LogP contribution is 2.15. The van der Waals surface area contributed by atoms with E-state index in [4.69, 9.17) is 4.42 Å². The molecule has 0 saturated heterocycles. The molecule has 0 bridgehead atoms. The number of nitrogens with zero attached hydrogens (tertiary/aromatic N) is 2. The third-order valence-electron chi connectivity index (χ3n) is 3.40. The molecule has 2 rings (SSSR count). The number of rotatable bonds is 6. The zero-order chi connectivity index (χ0) is 14.4. The van der Waals surface area contributed by atoms with Crippen LogP contribution in [0.15, 0.2) is 32.8 Å². The Kier molecular flexibility index (Phi) is 5.09. The van der Waals surface area contributed by atoms with Crippen molar-refractivity contribution in [3.8, 4) is 0 Å². The number of unbranched alkanes of at least 4 members (excludes halogenated alkanes) is 2. The SMILES string of the molecule is CCCCCC1C(=O)NC(=NCc2ccco2)N=C1C. The molecule has 0 radical (unpaired) electrons. The zero-order valence-electron chi connectivity index (χ0n) is 12.1. The molecule has 0 saturated carbocycles. The van der Waals surface area contributed by atoms with Crippen LogP contribution < -0.4 is 5.32 Å². The molecule has 1 aliphatic heterocycles. The number of guanidine groups is 1. The average molecular weight is 275 g/mol. The predicted octanol–water partition coefficient (Wildman–Crippen LogP) is 2.92. The quantitative estimate of drug-likeness (QED) is 0.811. The van der Waals surface area contributed by atoms with Crippen molar-refractivity contribution in [2.45, 2.75) is 46.1 Å². The highest BCUT2D eigenvalue weighted by Gasteiger charge is 2.26. The van der Waals surface area contributed by atoms with Crippen molar-refractivity contribution >= 4 is 17.6 Å². The standard InChI is InChI=1S/C15H21N3O2/c1-3-4-5-8-13-11(2)17-15(18-14(13)19)16-10-12-7-6-9-20-12/h6-7,9,13H,3-5,8,10H2,1-2H3,(H,16,18,19). The van der Waals surface area contributed by atoms with Gasteiger partial charge in [0.05, 0.1) is 12.2 Å². The first-order valence-corrected chi connectivity index (χ1v) is 7.13. The van der Waals surface area contributed by atoms with Gasteiger partial charge in [-0.2, -0.15) is 0 Å². The van der Waals surface area contributed by atoms with Crippen molar-refractivity contribution in [3.63, 3.8) is 0 Å². The van der Waals surface area contributed by atoms with Crippen molar-refractivity contribution in [2.75, 3.05) is 0 Å². The van der Waals surface area contributed by atoms with Crippen molar-refractivity contribution in [1.29, 1.82) is 0 Å². The number of furan rings is 1. The fourth-order valence-electron chi connectivity index (χ4n) is 2.23. The Bertz CT molecular complexity index is 503. The lowest BCUT2D eigenvalue weighted by Gasteiger charge is -2.21. The second-order valence-corrected chi connectivity index (χ2v) is 5.01. The van der Waals surface area contributed by atoms with Crippen LogP contribution >= 0.6 is 0 Å². The fraction of sp³-hybridized carbons (Fsp3) is 0.533. The fourth-order valence-corrected chi connectivity index (χ4v) is 2.23. The van der Waals surface area contributed by atoms with E-state index in [1.54, 1.807) is 6.26 Å². The smallest absolute Gasteiger partial charge is 0.235 e. The summed E-state index contributed by atoms with van der Waals surface area (Å²) < 4.78 is 5.20. The van der Waals surface area contributed by atoms with E-state index < -0.39 is 0 Å². The third-order valence-corrected chi connectivity index (χ3v) is 3.40. The average Bonchev–Trinajstić information content (AvgIpc) is 2.93. The van der Waals surface area contributed by atoms with E-state index in [2.05, 4.69) is 22.2 Å². The molecule has 1 atom stereocenters.